The summed E-state index contributed by atoms with van der Waals surface area (Å²) in [4.78, 5) is 0. The summed E-state index contributed by atoms with van der Waals surface area (Å²) < 4.78 is 0. The molecule has 0 amide bonds. The molecule has 78 valence electrons. The molecule has 1 rings (SSSR count). The summed E-state index contributed by atoms with van der Waals surface area (Å²) in [6, 6.07) is 0. The van der Waals surface area contributed by atoms with E-state index in [9.17, 15) is 0 Å². The highest BCUT2D eigenvalue weighted by atomic mass is 16.3. The number of aliphatic hydroxyl groups is 1. The number of hydrogen-bond acceptors (Lipinski definition) is 2. The number of aliphatic hydroxyl groups excluding tert-OH is 1. The van der Waals surface area contributed by atoms with Crippen LogP contribution >= 0.6 is 0 Å². The van der Waals surface area contributed by atoms with E-state index in [2.05, 4.69) is 13.8 Å². The molecule has 0 aliphatic heterocycles. The Morgan fingerprint density at radius 2 is 1.92 bits per heavy atom. The van der Waals surface area contributed by atoms with Gasteiger partial charge in [-0.2, -0.15) is 0 Å². The summed E-state index contributed by atoms with van der Waals surface area (Å²) in [5.74, 6) is 1.65. The molecule has 1 aliphatic carbocycles. The highest BCUT2D eigenvalue weighted by molar-refractivity contribution is 4.90. The minimum absolute atomic E-state index is 0.0554. The second-order valence-corrected chi connectivity index (χ2v) is 4.92. The van der Waals surface area contributed by atoms with Crippen molar-refractivity contribution in [3.8, 4) is 0 Å². The number of nitrogens with two attached hydrogens (primary N) is 1. The van der Waals surface area contributed by atoms with Crippen molar-refractivity contribution in [2.45, 2.75) is 51.5 Å². The molecule has 0 bridgehead atoms. The molecule has 1 saturated carbocycles. The van der Waals surface area contributed by atoms with Gasteiger partial charge in [-0.1, -0.05) is 13.8 Å². The highest BCUT2D eigenvalue weighted by Gasteiger charge is 2.31. The van der Waals surface area contributed by atoms with E-state index in [0.29, 0.717) is 0 Å². The third kappa shape index (κ3) is 2.96. The van der Waals surface area contributed by atoms with Gasteiger partial charge in [0.15, 0.2) is 0 Å². The highest BCUT2D eigenvalue weighted by Crippen LogP contribution is 2.35. The maximum atomic E-state index is 8.88. The Hall–Kier alpha value is -0.0800. The van der Waals surface area contributed by atoms with Crippen molar-refractivity contribution in [2.24, 2.45) is 17.6 Å². The lowest BCUT2D eigenvalue weighted by Gasteiger charge is -2.38. The van der Waals surface area contributed by atoms with Crippen LogP contribution in [0.15, 0.2) is 0 Å². The largest absolute Gasteiger partial charge is 0.396 e. The van der Waals surface area contributed by atoms with E-state index in [1.54, 1.807) is 0 Å². The first-order valence-corrected chi connectivity index (χ1v) is 5.47. The zero-order chi connectivity index (χ0) is 9.90. The molecule has 2 heteroatoms. The monoisotopic (exact) mass is 185 g/mol. The summed E-state index contributed by atoms with van der Waals surface area (Å²) >= 11 is 0. The molecule has 0 spiro atoms. The van der Waals surface area contributed by atoms with Crippen LogP contribution in [-0.4, -0.2) is 17.3 Å². The molecule has 0 aromatic rings. The Morgan fingerprint density at radius 1 is 1.38 bits per heavy atom. The normalized spacial score (nSPS) is 35.3. The predicted octanol–water partition coefficient (Wildman–Crippen LogP) is 1.91. The average Bonchev–Trinajstić information content (AvgIpc) is 2.05. The van der Waals surface area contributed by atoms with Gasteiger partial charge in [0, 0.05) is 12.1 Å². The van der Waals surface area contributed by atoms with Crippen LogP contribution < -0.4 is 5.73 Å². The van der Waals surface area contributed by atoms with E-state index in [1.807, 2.05) is 0 Å². The summed E-state index contributed by atoms with van der Waals surface area (Å²) in [5, 5.41) is 8.88. The summed E-state index contributed by atoms with van der Waals surface area (Å²) in [6.07, 6.45) is 5.45. The summed E-state index contributed by atoms with van der Waals surface area (Å²) in [5.41, 5.74) is 6.12. The average molecular weight is 185 g/mol. The Bertz CT molecular complexity index is 148. The third-order valence-corrected chi connectivity index (χ3v) is 3.58. The molecule has 2 nitrogen and oxygen atoms in total. The second kappa shape index (κ2) is 4.43. The molecule has 1 fully saturated rings. The zero-order valence-corrected chi connectivity index (χ0v) is 8.92. The topological polar surface area (TPSA) is 46.2 Å². The lowest BCUT2D eigenvalue weighted by atomic mass is 9.72. The van der Waals surface area contributed by atoms with Crippen molar-refractivity contribution in [1.82, 2.24) is 0 Å². The van der Waals surface area contributed by atoms with Gasteiger partial charge in [0.25, 0.3) is 0 Å². The smallest absolute Gasteiger partial charge is 0.0448 e. The molecule has 0 aromatic carbocycles. The van der Waals surface area contributed by atoms with Crippen LogP contribution in [0.1, 0.15) is 46.0 Å². The van der Waals surface area contributed by atoms with E-state index in [-0.39, 0.29) is 12.1 Å². The van der Waals surface area contributed by atoms with Crippen molar-refractivity contribution >= 4 is 0 Å². The van der Waals surface area contributed by atoms with Crippen molar-refractivity contribution in [3.63, 3.8) is 0 Å². The first-order valence-electron chi connectivity index (χ1n) is 5.47. The van der Waals surface area contributed by atoms with Crippen LogP contribution in [0.25, 0.3) is 0 Å². The number of rotatable bonds is 3. The molecule has 0 aromatic heterocycles. The minimum atomic E-state index is -0.0554. The van der Waals surface area contributed by atoms with Crippen LogP contribution in [0.2, 0.25) is 0 Å². The molecule has 0 unspecified atom stereocenters. The molecular weight excluding hydrogens is 162 g/mol. The fourth-order valence-electron chi connectivity index (χ4n) is 2.35. The molecule has 0 atom stereocenters. The Morgan fingerprint density at radius 3 is 2.31 bits per heavy atom. The lowest BCUT2D eigenvalue weighted by molar-refractivity contribution is 0.157. The standard InChI is InChI=1S/C11H23NO/c1-9(2)10-3-5-11(12,6-4-10)7-8-13/h9-10,13H,3-8,12H2,1-2H3. The molecule has 0 saturated heterocycles. The SMILES string of the molecule is CC(C)C1CCC(N)(CCO)CC1. The Labute approximate surface area is 81.5 Å². The zero-order valence-electron chi connectivity index (χ0n) is 8.92. The lowest BCUT2D eigenvalue weighted by Crippen LogP contribution is -2.44. The van der Waals surface area contributed by atoms with E-state index >= 15 is 0 Å². The van der Waals surface area contributed by atoms with Gasteiger partial charge in [-0.25, -0.2) is 0 Å². The third-order valence-electron chi connectivity index (χ3n) is 3.58. The van der Waals surface area contributed by atoms with Crippen molar-refractivity contribution in [1.29, 1.82) is 0 Å². The number of hydrogen-bond donors (Lipinski definition) is 2. The first kappa shape index (κ1) is 11.0. The van der Waals surface area contributed by atoms with Gasteiger partial charge in [-0.15, -0.1) is 0 Å². The van der Waals surface area contributed by atoms with Crippen molar-refractivity contribution < 1.29 is 5.11 Å². The van der Waals surface area contributed by atoms with Crippen LogP contribution in [0.5, 0.6) is 0 Å². The predicted molar refractivity (Wildman–Crippen MR) is 55.4 cm³/mol. The van der Waals surface area contributed by atoms with Crippen LogP contribution in [0.4, 0.5) is 0 Å². The maximum Gasteiger partial charge on any atom is 0.0448 e. The minimum Gasteiger partial charge on any atom is -0.396 e. The van der Waals surface area contributed by atoms with Crippen LogP contribution in [0, 0.1) is 11.8 Å². The van der Waals surface area contributed by atoms with E-state index in [0.717, 1.165) is 31.1 Å². The molecule has 13 heavy (non-hydrogen) atoms. The quantitative estimate of drug-likeness (QED) is 0.705. The molecule has 1 aliphatic rings. The van der Waals surface area contributed by atoms with Gasteiger partial charge < -0.3 is 10.8 Å². The van der Waals surface area contributed by atoms with E-state index in [1.165, 1.54) is 12.8 Å². The van der Waals surface area contributed by atoms with Crippen LogP contribution in [0.3, 0.4) is 0 Å². The fourth-order valence-corrected chi connectivity index (χ4v) is 2.35. The summed E-state index contributed by atoms with van der Waals surface area (Å²) in [6.45, 7) is 4.82. The Balaban J connectivity index is 2.37. The second-order valence-electron chi connectivity index (χ2n) is 4.92. The van der Waals surface area contributed by atoms with Gasteiger partial charge >= 0.3 is 0 Å². The van der Waals surface area contributed by atoms with E-state index in [4.69, 9.17) is 10.8 Å². The van der Waals surface area contributed by atoms with Crippen LogP contribution in [-0.2, 0) is 0 Å². The fraction of sp³-hybridized carbons (Fsp3) is 1.00. The molecular formula is C11H23NO. The van der Waals surface area contributed by atoms with Crippen molar-refractivity contribution in [2.75, 3.05) is 6.61 Å². The van der Waals surface area contributed by atoms with Gasteiger partial charge in [0.05, 0.1) is 0 Å². The van der Waals surface area contributed by atoms with Gasteiger partial charge in [-0.05, 0) is 43.9 Å². The Kier molecular flexibility index (Phi) is 3.74. The molecule has 3 N–H and O–H groups in total. The van der Waals surface area contributed by atoms with Crippen molar-refractivity contribution in [3.05, 3.63) is 0 Å². The van der Waals surface area contributed by atoms with E-state index < -0.39 is 0 Å². The summed E-state index contributed by atoms with van der Waals surface area (Å²) in [7, 11) is 0. The van der Waals surface area contributed by atoms with Gasteiger partial charge in [-0.3, -0.25) is 0 Å². The molecule has 0 radical (unpaired) electrons. The van der Waals surface area contributed by atoms with Gasteiger partial charge in [0.2, 0.25) is 0 Å². The van der Waals surface area contributed by atoms with Gasteiger partial charge in [0.1, 0.15) is 0 Å². The maximum absolute atomic E-state index is 8.88. The first-order chi connectivity index (χ1) is 6.07. The molecule has 0 heterocycles.